The molecule has 0 aliphatic heterocycles. The Kier molecular flexibility index (Phi) is 2.89. The van der Waals surface area contributed by atoms with Crippen LogP contribution in [0.1, 0.15) is 5.56 Å². The highest BCUT2D eigenvalue weighted by Crippen LogP contribution is 2.26. The van der Waals surface area contributed by atoms with Crippen molar-refractivity contribution in [2.24, 2.45) is 0 Å². The van der Waals surface area contributed by atoms with Gasteiger partial charge in [-0.1, -0.05) is 12.1 Å². The number of para-hydroxylation sites is 1. The van der Waals surface area contributed by atoms with Crippen LogP contribution in [-0.2, 0) is 10.0 Å². The van der Waals surface area contributed by atoms with Crippen molar-refractivity contribution in [3.8, 4) is 6.07 Å². The number of sulfonamides is 1. The largest absolute Gasteiger partial charge is 0.358 e. The maximum atomic E-state index is 12.1. The van der Waals surface area contributed by atoms with Gasteiger partial charge in [0.2, 0.25) is 5.03 Å². The second-order valence-corrected chi connectivity index (χ2v) is 6.08. The molecule has 1 aromatic carbocycles. The molecule has 0 aliphatic carbocycles. The number of aromatic amines is 1. The number of hydrogen-bond acceptors (Lipinski definition) is 6. The van der Waals surface area contributed by atoms with Crippen LogP contribution in [0.3, 0.4) is 0 Å². The molecule has 2 N–H and O–H groups in total. The fourth-order valence-corrected chi connectivity index (χ4v) is 3.44. The first-order valence-corrected chi connectivity index (χ1v) is 7.64. The zero-order valence-corrected chi connectivity index (χ0v) is 11.5. The van der Waals surface area contributed by atoms with Crippen LogP contribution >= 0.6 is 11.7 Å². The van der Waals surface area contributed by atoms with Gasteiger partial charge < -0.3 is 4.98 Å². The van der Waals surface area contributed by atoms with E-state index in [1.165, 1.54) is 12.4 Å². The first-order valence-electron chi connectivity index (χ1n) is 5.42. The molecule has 0 saturated heterocycles. The number of nitrogens with one attached hydrogen (secondary N) is 2. The van der Waals surface area contributed by atoms with E-state index >= 15 is 0 Å². The monoisotopic (exact) mass is 305 g/mol. The Morgan fingerprint density at radius 2 is 2.25 bits per heavy atom. The number of fused-ring (bicyclic) bond motifs is 1. The van der Waals surface area contributed by atoms with Crippen LogP contribution in [0.5, 0.6) is 0 Å². The summed E-state index contributed by atoms with van der Waals surface area (Å²) in [5.41, 5.74) is 1.36. The van der Waals surface area contributed by atoms with E-state index < -0.39 is 10.0 Å². The molecule has 0 radical (unpaired) electrons. The molecule has 2 heterocycles. The Balaban J connectivity index is 2.09. The molecule has 0 atom stereocenters. The van der Waals surface area contributed by atoms with Gasteiger partial charge in [0, 0.05) is 11.6 Å². The molecule has 0 amide bonds. The van der Waals surface area contributed by atoms with Gasteiger partial charge in [-0.2, -0.15) is 22.4 Å². The molecule has 9 heteroatoms. The Labute approximate surface area is 118 Å². The second-order valence-electron chi connectivity index (χ2n) is 3.89. The number of aromatic nitrogens is 3. The van der Waals surface area contributed by atoms with Crippen molar-refractivity contribution in [1.82, 2.24) is 13.7 Å². The number of H-pyrrole nitrogens is 1. The maximum Gasteiger partial charge on any atom is 0.282 e. The molecular weight excluding hydrogens is 298 g/mol. The average molecular weight is 305 g/mol. The van der Waals surface area contributed by atoms with Gasteiger partial charge in [0.05, 0.1) is 34.7 Å². The van der Waals surface area contributed by atoms with Crippen molar-refractivity contribution in [2.45, 2.75) is 5.03 Å². The molecule has 0 saturated carbocycles. The third-order valence-electron chi connectivity index (χ3n) is 2.70. The highest BCUT2D eigenvalue weighted by atomic mass is 32.2. The van der Waals surface area contributed by atoms with Crippen molar-refractivity contribution in [3.05, 3.63) is 36.2 Å². The summed E-state index contributed by atoms with van der Waals surface area (Å²) >= 11 is 0.818. The van der Waals surface area contributed by atoms with Crippen LogP contribution in [0.2, 0.25) is 0 Å². The lowest BCUT2D eigenvalue weighted by Gasteiger charge is -2.06. The first kappa shape index (κ1) is 12.6. The average Bonchev–Trinajstić information content (AvgIpc) is 3.08. The van der Waals surface area contributed by atoms with Gasteiger partial charge in [0.25, 0.3) is 10.0 Å². The van der Waals surface area contributed by atoms with Crippen LogP contribution in [0.4, 0.5) is 5.69 Å². The summed E-state index contributed by atoms with van der Waals surface area (Å²) in [4.78, 5) is 2.89. The van der Waals surface area contributed by atoms with Crippen molar-refractivity contribution < 1.29 is 8.42 Å². The molecule has 0 spiro atoms. The van der Waals surface area contributed by atoms with Crippen LogP contribution in [0.25, 0.3) is 10.9 Å². The topological polar surface area (TPSA) is 112 Å². The summed E-state index contributed by atoms with van der Waals surface area (Å²) < 4.78 is 34.0. The standard InChI is InChI=1S/C11H7N5O2S2/c12-4-7-5-13-11-8(7)2-1-3-9(11)16-20(17,18)10-6-14-19-15-10/h1-3,5-6,13,16H. The minimum absolute atomic E-state index is 0.133. The zero-order chi connectivity index (χ0) is 14.2. The molecule has 3 rings (SSSR count). The van der Waals surface area contributed by atoms with Crippen molar-refractivity contribution in [1.29, 1.82) is 5.26 Å². The van der Waals surface area contributed by atoms with E-state index in [1.54, 1.807) is 18.2 Å². The van der Waals surface area contributed by atoms with Crippen LogP contribution in [0.15, 0.2) is 35.6 Å². The van der Waals surface area contributed by atoms with E-state index in [0.717, 1.165) is 11.7 Å². The minimum atomic E-state index is -3.78. The van der Waals surface area contributed by atoms with E-state index in [1.807, 2.05) is 6.07 Å². The molecule has 0 unspecified atom stereocenters. The van der Waals surface area contributed by atoms with Gasteiger partial charge in [0.1, 0.15) is 6.07 Å². The van der Waals surface area contributed by atoms with Gasteiger partial charge in [-0.25, -0.2) is 0 Å². The Bertz CT molecular complexity index is 906. The third-order valence-corrected chi connectivity index (χ3v) is 4.53. The van der Waals surface area contributed by atoms with Gasteiger partial charge in [-0.3, -0.25) is 4.72 Å². The molecule has 7 nitrogen and oxygen atoms in total. The van der Waals surface area contributed by atoms with Gasteiger partial charge in [0.15, 0.2) is 0 Å². The number of hydrogen-bond donors (Lipinski definition) is 2. The fraction of sp³-hybridized carbons (Fsp3) is 0. The predicted molar refractivity (Wildman–Crippen MR) is 73.7 cm³/mol. The molecule has 0 aliphatic rings. The summed E-state index contributed by atoms with van der Waals surface area (Å²) in [5, 5.41) is 9.50. The Morgan fingerprint density at radius 1 is 1.40 bits per heavy atom. The molecule has 0 fully saturated rings. The van der Waals surface area contributed by atoms with Gasteiger partial charge >= 0.3 is 0 Å². The number of anilines is 1. The summed E-state index contributed by atoms with van der Waals surface area (Å²) in [5.74, 6) is 0. The molecular formula is C11H7N5O2S2. The Hall–Kier alpha value is -2.44. The SMILES string of the molecule is N#Cc1c[nH]c2c(NS(=O)(=O)c3cnsn3)cccc12. The van der Waals surface area contributed by atoms with E-state index in [-0.39, 0.29) is 5.03 Å². The normalized spacial score (nSPS) is 11.3. The number of benzene rings is 1. The van der Waals surface area contributed by atoms with Crippen molar-refractivity contribution >= 4 is 38.3 Å². The molecule has 0 bridgehead atoms. The van der Waals surface area contributed by atoms with E-state index in [2.05, 4.69) is 18.5 Å². The van der Waals surface area contributed by atoms with E-state index in [4.69, 9.17) is 5.26 Å². The highest BCUT2D eigenvalue weighted by molar-refractivity contribution is 7.92. The zero-order valence-electron chi connectivity index (χ0n) is 9.86. The molecule has 100 valence electrons. The minimum Gasteiger partial charge on any atom is -0.358 e. The van der Waals surface area contributed by atoms with E-state index in [0.29, 0.717) is 22.2 Å². The fourth-order valence-electron chi connectivity index (χ4n) is 1.80. The summed E-state index contributed by atoms with van der Waals surface area (Å²) in [6.07, 6.45) is 2.72. The molecule has 20 heavy (non-hydrogen) atoms. The molecule has 2 aromatic heterocycles. The summed E-state index contributed by atoms with van der Waals surface area (Å²) in [6, 6.07) is 7.06. The lowest BCUT2D eigenvalue weighted by molar-refractivity contribution is 0.598. The van der Waals surface area contributed by atoms with E-state index in [9.17, 15) is 8.42 Å². The summed E-state index contributed by atoms with van der Waals surface area (Å²) in [6.45, 7) is 0. The van der Waals surface area contributed by atoms with Crippen LogP contribution in [-0.4, -0.2) is 22.1 Å². The lowest BCUT2D eigenvalue weighted by atomic mass is 10.2. The number of rotatable bonds is 3. The molecule has 3 aromatic rings. The van der Waals surface area contributed by atoms with Crippen molar-refractivity contribution in [2.75, 3.05) is 4.72 Å². The Morgan fingerprint density at radius 3 is 2.95 bits per heavy atom. The predicted octanol–water partition coefficient (Wildman–Crippen LogP) is 1.69. The number of nitriles is 1. The first-order chi connectivity index (χ1) is 9.62. The smallest absolute Gasteiger partial charge is 0.282 e. The third kappa shape index (κ3) is 2.01. The maximum absolute atomic E-state index is 12.1. The van der Waals surface area contributed by atoms with Gasteiger partial charge in [-0.05, 0) is 6.07 Å². The summed E-state index contributed by atoms with van der Waals surface area (Å²) in [7, 11) is -3.78. The quantitative estimate of drug-likeness (QED) is 0.764. The number of nitrogens with zero attached hydrogens (tertiary/aromatic N) is 3. The highest BCUT2D eigenvalue weighted by Gasteiger charge is 2.19. The van der Waals surface area contributed by atoms with Crippen LogP contribution in [0, 0.1) is 11.3 Å². The lowest BCUT2D eigenvalue weighted by Crippen LogP contribution is -2.13. The van der Waals surface area contributed by atoms with Crippen LogP contribution < -0.4 is 4.72 Å². The van der Waals surface area contributed by atoms with Gasteiger partial charge in [-0.15, -0.1) is 0 Å². The van der Waals surface area contributed by atoms with Crippen molar-refractivity contribution in [3.63, 3.8) is 0 Å². The second kappa shape index (κ2) is 4.59.